The third kappa shape index (κ3) is 7.40. The van der Waals surface area contributed by atoms with Crippen molar-refractivity contribution in [3.05, 3.63) is 100 Å². The average molecular weight is 558 g/mol. The summed E-state index contributed by atoms with van der Waals surface area (Å²) in [6, 6.07) is 15.1. The first kappa shape index (κ1) is 28.7. The quantitative estimate of drug-likeness (QED) is 0.336. The highest BCUT2D eigenvalue weighted by Gasteiger charge is 2.28. The maximum atomic E-state index is 13.9. The van der Waals surface area contributed by atoms with Gasteiger partial charge in [-0.15, -0.1) is 0 Å². The zero-order valence-electron chi connectivity index (χ0n) is 22.0. The van der Waals surface area contributed by atoms with Gasteiger partial charge in [0.2, 0.25) is 10.0 Å². The summed E-state index contributed by atoms with van der Waals surface area (Å²) in [5.74, 6) is -2.04. The van der Waals surface area contributed by atoms with Crippen LogP contribution in [0, 0.1) is 11.6 Å². The summed E-state index contributed by atoms with van der Waals surface area (Å²) < 4.78 is 53.3. The van der Waals surface area contributed by atoms with Gasteiger partial charge in [0.1, 0.15) is 11.6 Å². The molecule has 1 aliphatic heterocycles. The zero-order valence-corrected chi connectivity index (χ0v) is 22.8. The minimum atomic E-state index is -3.50. The van der Waals surface area contributed by atoms with Crippen LogP contribution < -0.4 is 14.9 Å². The fourth-order valence-corrected chi connectivity index (χ4v) is 5.77. The molecule has 10 heteroatoms. The van der Waals surface area contributed by atoms with E-state index in [1.54, 1.807) is 12.1 Å². The molecule has 0 radical (unpaired) electrons. The Labute approximate surface area is 227 Å². The Morgan fingerprint density at radius 2 is 1.74 bits per heavy atom. The normalized spacial score (nSPS) is 14.6. The van der Waals surface area contributed by atoms with Gasteiger partial charge in [0.05, 0.1) is 24.1 Å². The second kappa shape index (κ2) is 12.2. The number of nitrogens with one attached hydrogen (secondary N) is 2. The average Bonchev–Trinajstić information content (AvgIpc) is 3.32. The molecule has 0 aromatic heterocycles. The fraction of sp³-hybridized carbons (Fsp3) is 0.345. The number of hydrogen-bond donors (Lipinski definition) is 3. The number of halogens is 2. The summed E-state index contributed by atoms with van der Waals surface area (Å²) >= 11 is 0. The molecule has 7 nitrogen and oxygen atoms in total. The predicted molar refractivity (Wildman–Crippen MR) is 147 cm³/mol. The molecule has 0 aliphatic carbocycles. The summed E-state index contributed by atoms with van der Waals surface area (Å²) in [5.41, 5.74) is 4.01. The topological polar surface area (TPSA) is 98.7 Å². The zero-order chi connectivity index (χ0) is 28.2. The number of benzene rings is 3. The molecular formula is C29H33F2N3O4S. The minimum Gasteiger partial charge on any atom is -0.390 e. The number of fused-ring (bicyclic) bond motifs is 1. The van der Waals surface area contributed by atoms with Gasteiger partial charge in [-0.1, -0.05) is 37.3 Å². The van der Waals surface area contributed by atoms with Gasteiger partial charge < -0.3 is 15.7 Å². The molecule has 1 heterocycles. The van der Waals surface area contributed by atoms with Crippen LogP contribution in [0.15, 0.2) is 60.7 Å². The molecule has 1 aliphatic rings. The van der Waals surface area contributed by atoms with Crippen molar-refractivity contribution in [2.75, 3.05) is 23.7 Å². The minimum absolute atomic E-state index is 0.0189. The third-order valence-electron chi connectivity index (χ3n) is 6.84. The second-order valence-electron chi connectivity index (χ2n) is 9.86. The molecule has 39 heavy (non-hydrogen) atoms. The molecule has 0 unspecified atom stereocenters. The van der Waals surface area contributed by atoms with Gasteiger partial charge in [0, 0.05) is 31.3 Å². The van der Waals surface area contributed by atoms with Gasteiger partial charge in [0.15, 0.2) is 0 Å². The Bertz CT molecular complexity index is 1430. The maximum absolute atomic E-state index is 13.9. The van der Waals surface area contributed by atoms with Crippen molar-refractivity contribution in [1.29, 1.82) is 0 Å². The van der Waals surface area contributed by atoms with Crippen molar-refractivity contribution in [2.45, 2.75) is 44.9 Å². The standard InChI is InChI=1S/C29H33F2N3O4S/c1-3-19-5-4-6-20(11-19)17-32-18-28(35)26(14-21-12-24(30)16-25(31)13-21)33-29(36)23-8-7-22-9-10-34(27(22)15-23)39(2,37)38/h4-8,11-13,15-16,26,28,32,35H,3,9-10,14,17-18H2,1-2H3,(H,33,36)/t26-,28-/m0/s1. The lowest BCUT2D eigenvalue weighted by Crippen LogP contribution is -2.48. The van der Waals surface area contributed by atoms with E-state index in [1.807, 2.05) is 18.2 Å². The molecule has 3 N–H and O–H groups in total. The summed E-state index contributed by atoms with van der Waals surface area (Å²) in [4.78, 5) is 13.2. The number of carbonyl (C=O) groups excluding carboxylic acids is 1. The fourth-order valence-electron chi connectivity index (χ4n) is 4.82. The molecule has 3 aromatic rings. The van der Waals surface area contributed by atoms with Crippen molar-refractivity contribution < 1.29 is 27.1 Å². The molecule has 208 valence electrons. The first-order chi connectivity index (χ1) is 18.5. The maximum Gasteiger partial charge on any atom is 0.251 e. The van der Waals surface area contributed by atoms with E-state index in [1.165, 1.54) is 15.9 Å². The molecule has 1 amide bonds. The van der Waals surface area contributed by atoms with Gasteiger partial charge >= 0.3 is 0 Å². The number of amides is 1. The lowest BCUT2D eigenvalue weighted by Gasteiger charge is -2.25. The number of aliphatic hydroxyl groups is 1. The number of carbonyl (C=O) groups is 1. The van der Waals surface area contributed by atoms with E-state index < -0.39 is 39.7 Å². The lowest BCUT2D eigenvalue weighted by atomic mass is 9.99. The highest BCUT2D eigenvalue weighted by molar-refractivity contribution is 7.92. The summed E-state index contributed by atoms with van der Waals surface area (Å²) in [7, 11) is -3.50. The largest absolute Gasteiger partial charge is 0.390 e. The molecule has 0 saturated heterocycles. The number of sulfonamides is 1. The monoisotopic (exact) mass is 557 g/mol. The van der Waals surface area contributed by atoms with Crippen LogP contribution >= 0.6 is 0 Å². The van der Waals surface area contributed by atoms with Crippen molar-refractivity contribution in [3.63, 3.8) is 0 Å². The SMILES string of the molecule is CCc1cccc(CNC[C@H](O)[C@H](Cc2cc(F)cc(F)c2)NC(=O)c2ccc3c(c2)N(S(C)(=O)=O)CC3)c1. The van der Waals surface area contributed by atoms with E-state index in [-0.39, 0.29) is 24.1 Å². The van der Waals surface area contributed by atoms with Crippen molar-refractivity contribution in [3.8, 4) is 0 Å². The first-order valence-electron chi connectivity index (χ1n) is 12.9. The molecule has 3 aromatic carbocycles. The van der Waals surface area contributed by atoms with Crippen LogP contribution in [-0.2, 0) is 35.8 Å². The lowest BCUT2D eigenvalue weighted by molar-refractivity contribution is 0.0830. The second-order valence-corrected chi connectivity index (χ2v) is 11.8. The highest BCUT2D eigenvalue weighted by Crippen LogP contribution is 2.31. The molecule has 0 saturated carbocycles. The highest BCUT2D eigenvalue weighted by atomic mass is 32.2. The number of rotatable bonds is 11. The predicted octanol–water partition coefficient (Wildman–Crippen LogP) is 3.34. The Morgan fingerprint density at radius 3 is 2.44 bits per heavy atom. The Balaban J connectivity index is 1.51. The van der Waals surface area contributed by atoms with Crippen LogP contribution in [0.25, 0.3) is 0 Å². The molecule has 4 rings (SSSR count). The van der Waals surface area contributed by atoms with Gasteiger partial charge in [-0.2, -0.15) is 0 Å². The van der Waals surface area contributed by atoms with Gasteiger partial charge in [-0.25, -0.2) is 17.2 Å². The van der Waals surface area contributed by atoms with Gasteiger partial charge in [-0.05, 0) is 65.8 Å². The molecular weight excluding hydrogens is 524 g/mol. The van der Waals surface area contributed by atoms with Crippen LogP contribution in [0.5, 0.6) is 0 Å². The molecule has 2 atom stereocenters. The van der Waals surface area contributed by atoms with Crippen LogP contribution in [0.2, 0.25) is 0 Å². The van der Waals surface area contributed by atoms with Gasteiger partial charge in [0.25, 0.3) is 5.91 Å². The number of anilines is 1. The Morgan fingerprint density at radius 1 is 1.03 bits per heavy atom. The van der Waals surface area contributed by atoms with Crippen LogP contribution in [0.1, 0.15) is 39.5 Å². The van der Waals surface area contributed by atoms with Crippen LogP contribution in [0.4, 0.5) is 14.5 Å². The summed E-state index contributed by atoms with van der Waals surface area (Å²) in [6.45, 7) is 2.98. The van der Waals surface area contributed by atoms with Crippen LogP contribution in [-0.4, -0.2) is 50.9 Å². The first-order valence-corrected chi connectivity index (χ1v) is 14.7. The van der Waals surface area contributed by atoms with Gasteiger partial charge in [-0.3, -0.25) is 9.10 Å². The number of nitrogens with zero attached hydrogens (tertiary/aromatic N) is 1. The summed E-state index contributed by atoms with van der Waals surface area (Å²) in [6.07, 6.45) is 1.46. The Hall–Kier alpha value is -3.34. The van der Waals surface area contributed by atoms with E-state index in [0.717, 1.165) is 42.0 Å². The van der Waals surface area contributed by atoms with Crippen LogP contribution in [0.3, 0.4) is 0 Å². The number of aryl methyl sites for hydroxylation is 1. The van der Waals surface area contributed by atoms with E-state index in [0.29, 0.717) is 25.2 Å². The van der Waals surface area contributed by atoms with E-state index in [4.69, 9.17) is 0 Å². The van der Waals surface area contributed by atoms with E-state index in [9.17, 15) is 27.1 Å². The van der Waals surface area contributed by atoms with Crippen molar-refractivity contribution >= 4 is 21.6 Å². The smallest absolute Gasteiger partial charge is 0.251 e. The number of aliphatic hydroxyl groups excluding tert-OH is 1. The Kier molecular flexibility index (Phi) is 8.99. The third-order valence-corrected chi connectivity index (χ3v) is 8.02. The molecule has 0 spiro atoms. The van der Waals surface area contributed by atoms with E-state index >= 15 is 0 Å². The summed E-state index contributed by atoms with van der Waals surface area (Å²) in [5, 5.41) is 17.0. The number of hydrogen-bond acceptors (Lipinski definition) is 5. The molecule has 0 bridgehead atoms. The van der Waals surface area contributed by atoms with Crippen molar-refractivity contribution in [1.82, 2.24) is 10.6 Å². The van der Waals surface area contributed by atoms with E-state index in [2.05, 4.69) is 23.6 Å². The molecule has 0 fully saturated rings. The van der Waals surface area contributed by atoms with Crippen molar-refractivity contribution in [2.24, 2.45) is 0 Å².